The molecule has 2 nitrogen and oxygen atoms in total. The molecule has 0 bridgehead atoms. The predicted molar refractivity (Wildman–Crippen MR) is 74.3 cm³/mol. The van der Waals surface area contributed by atoms with Crippen LogP contribution in [-0.4, -0.2) is 24.8 Å². The maximum atomic E-state index is 6.37. The molecule has 1 aliphatic rings. The maximum Gasteiger partial charge on any atom is 0.0813 e. The molecule has 0 amide bonds. The second-order valence-corrected chi connectivity index (χ2v) is 7.01. The van der Waals surface area contributed by atoms with Crippen molar-refractivity contribution in [1.82, 2.24) is 5.32 Å². The molecule has 0 atom stereocenters. The molecule has 0 aromatic rings. The summed E-state index contributed by atoms with van der Waals surface area (Å²) in [5, 5.41) is 3.32. The zero-order valence-electron chi connectivity index (χ0n) is 12.6. The summed E-state index contributed by atoms with van der Waals surface area (Å²) in [7, 11) is 2.03. The Morgan fingerprint density at radius 1 is 1.24 bits per heavy atom. The van der Waals surface area contributed by atoms with Gasteiger partial charge in [0.1, 0.15) is 0 Å². The van der Waals surface area contributed by atoms with Gasteiger partial charge in [-0.2, -0.15) is 0 Å². The highest BCUT2D eigenvalue weighted by Crippen LogP contribution is 2.39. The summed E-state index contributed by atoms with van der Waals surface area (Å²) in [5.74, 6) is 1.71. The quantitative estimate of drug-likeness (QED) is 0.812. The van der Waals surface area contributed by atoms with Gasteiger partial charge in [0.2, 0.25) is 0 Å². The van der Waals surface area contributed by atoms with Crippen LogP contribution < -0.4 is 5.32 Å². The van der Waals surface area contributed by atoms with E-state index in [9.17, 15) is 0 Å². The van der Waals surface area contributed by atoms with Crippen LogP contribution in [-0.2, 0) is 4.74 Å². The SMILES string of the molecule is CNCC1(OC(C)(C)C)CCC(C(C)C)CC1. The van der Waals surface area contributed by atoms with E-state index in [1.807, 2.05) is 7.05 Å². The fourth-order valence-corrected chi connectivity index (χ4v) is 3.12. The molecule has 17 heavy (non-hydrogen) atoms. The van der Waals surface area contributed by atoms with Gasteiger partial charge < -0.3 is 10.1 Å². The van der Waals surface area contributed by atoms with E-state index < -0.39 is 0 Å². The van der Waals surface area contributed by atoms with E-state index in [1.54, 1.807) is 0 Å². The number of ether oxygens (including phenoxy) is 1. The van der Waals surface area contributed by atoms with E-state index in [-0.39, 0.29) is 11.2 Å². The van der Waals surface area contributed by atoms with Gasteiger partial charge in [-0.25, -0.2) is 0 Å². The van der Waals surface area contributed by atoms with Crippen molar-refractivity contribution in [3.63, 3.8) is 0 Å². The summed E-state index contributed by atoms with van der Waals surface area (Å²) < 4.78 is 6.37. The minimum absolute atomic E-state index is 0.0402. The first kappa shape index (κ1) is 15.0. The van der Waals surface area contributed by atoms with Gasteiger partial charge in [0, 0.05) is 6.54 Å². The Bertz CT molecular complexity index is 222. The van der Waals surface area contributed by atoms with Crippen LogP contribution in [0.15, 0.2) is 0 Å². The summed E-state index contributed by atoms with van der Waals surface area (Å²) in [6, 6.07) is 0. The molecule has 0 saturated heterocycles. The highest BCUT2D eigenvalue weighted by molar-refractivity contribution is 4.91. The Hall–Kier alpha value is -0.0800. The number of nitrogens with one attached hydrogen (secondary N) is 1. The molecule has 1 aliphatic carbocycles. The Labute approximate surface area is 108 Å². The monoisotopic (exact) mass is 241 g/mol. The number of hydrogen-bond acceptors (Lipinski definition) is 2. The first-order valence-corrected chi connectivity index (χ1v) is 7.13. The van der Waals surface area contributed by atoms with Gasteiger partial charge in [-0.15, -0.1) is 0 Å². The normalized spacial score (nSPS) is 30.9. The highest BCUT2D eigenvalue weighted by Gasteiger charge is 2.39. The van der Waals surface area contributed by atoms with Gasteiger partial charge in [-0.1, -0.05) is 13.8 Å². The number of rotatable bonds is 4. The van der Waals surface area contributed by atoms with Gasteiger partial charge in [0.15, 0.2) is 0 Å². The first-order chi connectivity index (χ1) is 7.78. The third kappa shape index (κ3) is 4.59. The summed E-state index contributed by atoms with van der Waals surface area (Å²) in [4.78, 5) is 0. The summed E-state index contributed by atoms with van der Waals surface area (Å²) in [6.45, 7) is 12.2. The van der Waals surface area contributed by atoms with E-state index in [1.165, 1.54) is 25.7 Å². The van der Waals surface area contributed by atoms with E-state index in [0.29, 0.717) is 0 Å². The van der Waals surface area contributed by atoms with Crippen molar-refractivity contribution in [3.05, 3.63) is 0 Å². The maximum absolute atomic E-state index is 6.37. The molecular weight excluding hydrogens is 210 g/mol. The van der Waals surface area contributed by atoms with E-state index in [0.717, 1.165) is 18.4 Å². The first-order valence-electron chi connectivity index (χ1n) is 7.13. The average Bonchev–Trinajstić information content (AvgIpc) is 2.15. The molecule has 0 spiro atoms. The molecule has 0 unspecified atom stereocenters. The summed E-state index contributed by atoms with van der Waals surface area (Å²) in [6.07, 6.45) is 5.03. The van der Waals surface area contributed by atoms with Gasteiger partial charge >= 0.3 is 0 Å². The molecule has 1 rings (SSSR count). The van der Waals surface area contributed by atoms with Gasteiger partial charge in [0.05, 0.1) is 11.2 Å². The average molecular weight is 241 g/mol. The lowest BCUT2D eigenvalue weighted by Crippen LogP contribution is -2.49. The molecule has 1 N–H and O–H groups in total. The van der Waals surface area contributed by atoms with Gasteiger partial charge in [0.25, 0.3) is 0 Å². The second-order valence-electron chi connectivity index (χ2n) is 7.01. The van der Waals surface area contributed by atoms with E-state index in [2.05, 4.69) is 39.9 Å². The zero-order chi connectivity index (χ0) is 13.1. The van der Waals surface area contributed by atoms with Crippen LogP contribution in [0.5, 0.6) is 0 Å². The third-order valence-electron chi connectivity index (χ3n) is 3.91. The van der Waals surface area contributed by atoms with Crippen LogP contribution in [0.25, 0.3) is 0 Å². The van der Waals surface area contributed by atoms with Crippen LogP contribution in [0.2, 0.25) is 0 Å². The Morgan fingerprint density at radius 2 is 1.76 bits per heavy atom. The molecular formula is C15H31NO. The lowest BCUT2D eigenvalue weighted by Gasteiger charge is -2.45. The van der Waals surface area contributed by atoms with Crippen LogP contribution in [0.3, 0.4) is 0 Å². The molecule has 0 aromatic heterocycles. The molecule has 1 saturated carbocycles. The molecule has 1 fully saturated rings. The molecule has 102 valence electrons. The number of hydrogen-bond donors (Lipinski definition) is 1. The molecule has 0 heterocycles. The fraction of sp³-hybridized carbons (Fsp3) is 1.00. The molecule has 0 radical (unpaired) electrons. The van der Waals surface area contributed by atoms with Crippen molar-refractivity contribution >= 4 is 0 Å². The van der Waals surface area contributed by atoms with Crippen molar-refractivity contribution in [2.75, 3.05) is 13.6 Å². The molecule has 0 aromatic carbocycles. The van der Waals surface area contributed by atoms with Crippen molar-refractivity contribution in [3.8, 4) is 0 Å². The van der Waals surface area contributed by atoms with Gasteiger partial charge in [-0.3, -0.25) is 0 Å². The second kappa shape index (κ2) is 5.71. The standard InChI is InChI=1S/C15H31NO/c1-12(2)13-7-9-15(10-8-13,11-16-6)17-14(3,4)5/h12-13,16H,7-11H2,1-6H3. The Balaban J connectivity index is 2.63. The molecule has 2 heteroatoms. The lowest BCUT2D eigenvalue weighted by molar-refractivity contribution is -0.152. The topological polar surface area (TPSA) is 21.3 Å². The van der Waals surface area contributed by atoms with Crippen LogP contribution in [0.4, 0.5) is 0 Å². The highest BCUT2D eigenvalue weighted by atomic mass is 16.5. The van der Waals surface area contributed by atoms with Crippen LogP contribution >= 0.6 is 0 Å². The summed E-state index contributed by atoms with van der Waals surface area (Å²) >= 11 is 0. The van der Waals surface area contributed by atoms with E-state index >= 15 is 0 Å². The predicted octanol–water partition coefficient (Wildman–Crippen LogP) is 3.61. The minimum atomic E-state index is -0.0402. The van der Waals surface area contributed by atoms with Crippen molar-refractivity contribution in [2.24, 2.45) is 11.8 Å². The Kier molecular flexibility index (Phi) is 5.03. The largest absolute Gasteiger partial charge is 0.368 e. The smallest absolute Gasteiger partial charge is 0.0813 e. The summed E-state index contributed by atoms with van der Waals surface area (Å²) in [5.41, 5.74) is 0.0277. The zero-order valence-corrected chi connectivity index (χ0v) is 12.6. The molecule has 0 aliphatic heterocycles. The lowest BCUT2D eigenvalue weighted by atomic mass is 9.74. The third-order valence-corrected chi connectivity index (χ3v) is 3.91. The van der Waals surface area contributed by atoms with Crippen LogP contribution in [0.1, 0.15) is 60.3 Å². The fourth-order valence-electron chi connectivity index (χ4n) is 3.12. The van der Waals surface area contributed by atoms with E-state index in [4.69, 9.17) is 4.74 Å². The van der Waals surface area contributed by atoms with Crippen molar-refractivity contribution in [2.45, 2.75) is 71.5 Å². The minimum Gasteiger partial charge on any atom is -0.368 e. The van der Waals surface area contributed by atoms with Crippen LogP contribution in [0, 0.1) is 11.8 Å². The van der Waals surface area contributed by atoms with Gasteiger partial charge in [-0.05, 0) is 65.3 Å². The Morgan fingerprint density at radius 3 is 2.12 bits per heavy atom. The van der Waals surface area contributed by atoms with Crippen molar-refractivity contribution in [1.29, 1.82) is 0 Å². The number of likely N-dealkylation sites (N-methyl/N-ethyl adjacent to an activating group) is 1. The van der Waals surface area contributed by atoms with Crippen molar-refractivity contribution < 1.29 is 4.74 Å².